The quantitative estimate of drug-likeness (QED) is 0.707. The maximum Gasteiger partial charge on any atom is 0.411 e. The largest absolute Gasteiger partial charge is 0.411 e. The molecule has 0 spiro atoms. The second-order valence-electron chi connectivity index (χ2n) is 4.21. The Morgan fingerprint density at radius 2 is 2.12 bits per heavy atom. The highest BCUT2D eigenvalue weighted by atomic mass is 19.4. The van der Waals surface area contributed by atoms with Gasteiger partial charge in [-0.25, -0.2) is 0 Å². The predicted molar refractivity (Wildman–Crippen MR) is 58.0 cm³/mol. The molecule has 0 aromatic rings. The molecule has 0 amide bonds. The van der Waals surface area contributed by atoms with E-state index in [1.54, 1.807) is 0 Å². The average Bonchev–Trinajstić information content (AvgIpc) is 2.28. The number of hydrogen-bond acceptors (Lipinski definition) is 3. The van der Waals surface area contributed by atoms with E-state index in [0.29, 0.717) is 13.0 Å². The topological polar surface area (TPSA) is 30.5 Å². The minimum absolute atomic E-state index is 0.137. The SMILES string of the molecule is FC(F)(F)COCCCNCC1CCCCO1. The molecule has 6 heteroatoms. The van der Waals surface area contributed by atoms with Gasteiger partial charge < -0.3 is 14.8 Å². The van der Waals surface area contributed by atoms with Gasteiger partial charge in [-0.2, -0.15) is 13.2 Å². The number of ether oxygens (including phenoxy) is 2. The molecule has 102 valence electrons. The molecule has 0 aliphatic carbocycles. The summed E-state index contributed by atoms with van der Waals surface area (Å²) in [5.74, 6) is 0. The van der Waals surface area contributed by atoms with Crippen LogP contribution in [0.2, 0.25) is 0 Å². The van der Waals surface area contributed by atoms with E-state index in [-0.39, 0.29) is 12.7 Å². The lowest BCUT2D eigenvalue weighted by atomic mass is 10.1. The Morgan fingerprint density at radius 1 is 1.29 bits per heavy atom. The van der Waals surface area contributed by atoms with E-state index in [4.69, 9.17) is 4.74 Å². The zero-order valence-corrected chi connectivity index (χ0v) is 9.89. The van der Waals surface area contributed by atoms with Crippen molar-refractivity contribution in [2.45, 2.75) is 38.0 Å². The van der Waals surface area contributed by atoms with Crippen molar-refractivity contribution in [2.24, 2.45) is 0 Å². The van der Waals surface area contributed by atoms with Crippen LogP contribution in [-0.2, 0) is 9.47 Å². The Bertz CT molecular complexity index is 194. The summed E-state index contributed by atoms with van der Waals surface area (Å²) >= 11 is 0. The van der Waals surface area contributed by atoms with Crippen molar-refractivity contribution in [3.05, 3.63) is 0 Å². The van der Waals surface area contributed by atoms with E-state index in [9.17, 15) is 13.2 Å². The first-order valence-corrected chi connectivity index (χ1v) is 6.05. The molecule has 1 saturated heterocycles. The zero-order valence-electron chi connectivity index (χ0n) is 9.89. The van der Waals surface area contributed by atoms with Gasteiger partial charge in [-0.15, -0.1) is 0 Å². The van der Waals surface area contributed by atoms with Crippen LogP contribution in [0.5, 0.6) is 0 Å². The summed E-state index contributed by atoms with van der Waals surface area (Å²) in [5.41, 5.74) is 0. The molecule has 1 fully saturated rings. The van der Waals surface area contributed by atoms with Crippen molar-refractivity contribution in [1.82, 2.24) is 5.32 Å². The van der Waals surface area contributed by atoms with Crippen molar-refractivity contribution in [3.63, 3.8) is 0 Å². The van der Waals surface area contributed by atoms with E-state index in [2.05, 4.69) is 10.1 Å². The van der Waals surface area contributed by atoms with Crippen LogP contribution in [-0.4, -0.2) is 45.2 Å². The smallest absolute Gasteiger partial charge is 0.377 e. The van der Waals surface area contributed by atoms with Gasteiger partial charge in [-0.05, 0) is 32.2 Å². The molecule has 1 heterocycles. The van der Waals surface area contributed by atoms with Gasteiger partial charge in [0.1, 0.15) is 6.61 Å². The summed E-state index contributed by atoms with van der Waals surface area (Å²) in [6.45, 7) is 1.24. The van der Waals surface area contributed by atoms with Crippen molar-refractivity contribution < 1.29 is 22.6 Å². The maximum absolute atomic E-state index is 11.7. The Hall–Kier alpha value is -0.330. The van der Waals surface area contributed by atoms with Crippen LogP contribution in [0.25, 0.3) is 0 Å². The summed E-state index contributed by atoms with van der Waals surface area (Å²) in [4.78, 5) is 0. The Morgan fingerprint density at radius 3 is 2.76 bits per heavy atom. The molecule has 1 N–H and O–H groups in total. The highest BCUT2D eigenvalue weighted by molar-refractivity contribution is 4.66. The fraction of sp³-hybridized carbons (Fsp3) is 1.00. The molecule has 0 aromatic carbocycles. The Labute approximate surface area is 99.7 Å². The minimum atomic E-state index is -4.22. The molecule has 17 heavy (non-hydrogen) atoms. The van der Waals surface area contributed by atoms with E-state index in [0.717, 1.165) is 26.0 Å². The van der Waals surface area contributed by atoms with Gasteiger partial charge >= 0.3 is 6.18 Å². The molecule has 0 bridgehead atoms. The van der Waals surface area contributed by atoms with Gasteiger partial charge in [0, 0.05) is 19.8 Å². The monoisotopic (exact) mass is 255 g/mol. The lowest BCUT2D eigenvalue weighted by Gasteiger charge is -2.22. The zero-order chi connectivity index (χ0) is 12.6. The summed E-state index contributed by atoms with van der Waals surface area (Å²) < 4.78 is 45.2. The van der Waals surface area contributed by atoms with Gasteiger partial charge in [0.25, 0.3) is 0 Å². The van der Waals surface area contributed by atoms with Gasteiger partial charge in [0.15, 0.2) is 0 Å². The molecule has 1 rings (SSSR count). The van der Waals surface area contributed by atoms with Gasteiger partial charge in [-0.1, -0.05) is 0 Å². The molecule has 1 aliphatic heterocycles. The second-order valence-corrected chi connectivity index (χ2v) is 4.21. The van der Waals surface area contributed by atoms with Crippen LogP contribution < -0.4 is 5.32 Å². The van der Waals surface area contributed by atoms with Crippen LogP contribution in [0, 0.1) is 0 Å². The van der Waals surface area contributed by atoms with E-state index < -0.39 is 12.8 Å². The average molecular weight is 255 g/mol. The lowest BCUT2D eigenvalue weighted by Crippen LogP contribution is -2.32. The standard InChI is InChI=1S/C11H20F3NO2/c12-11(13,14)9-16-6-3-5-15-8-10-4-1-2-7-17-10/h10,15H,1-9H2. The first-order valence-electron chi connectivity index (χ1n) is 6.05. The third-order valence-electron chi connectivity index (χ3n) is 2.55. The molecule has 1 aliphatic rings. The van der Waals surface area contributed by atoms with Gasteiger partial charge in [0.05, 0.1) is 6.10 Å². The second kappa shape index (κ2) is 7.89. The van der Waals surface area contributed by atoms with Crippen LogP contribution in [0.1, 0.15) is 25.7 Å². The lowest BCUT2D eigenvalue weighted by molar-refractivity contribution is -0.173. The number of nitrogens with one attached hydrogen (secondary N) is 1. The molecule has 0 aromatic heterocycles. The van der Waals surface area contributed by atoms with Crippen molar-refractivity contribution >= 4 is 0 Å². The van der Waals surface area contributed by atoms with E-state index >= 15 is 0 Å². The minimum Gasteiger partial charge on any atom is -0.377 e. The number of alkyl halides is 3. The third-order valence-corrected chi connectivity index (χ3v) is 2.55. The molecular formula is C11H20F3NO2. The number of hydrogen-bond donors (Lipinski definition) is 1. The van der Waals surface area contributed by atoms with Crippen LogP contribution in [0.3, 0.4) is 0 Å². The summed E-state index contributed by atoms with van der Waals surface area (Å²) in [6, 6.07) is 0. The summed E-state index contributed by atoms with van der Waals surface area (Å²) in [6.07, 6.45) is 0.0203. The molecule has 3 nitrogen and oxygen atoms in total. The van der Waals surface area contributed by atoms with Crippen molar-refractivity contribution in [1.29, 1.82) is 0 Å². The van der Waals surface area contributed by atoms with Crippen molar-refractivity contribution in [2.75, 3.05) is 32.9 Å². The Balaban J connectivity index is 1.84. The van der Waals surface area contributed by atoms with Crippen molar-refractivity contribution in [3.8, 4) is 0 Å². The Kier molecular flexibility index (Phi) is 6.84. The predicted octanol–water partition coefficient (Wildman–Crippen LogP) is 2.11. The normalized spacial score (nSPS) is 21.7. The first-order chi connectivity index (χ1) is 8.08. The maximum atomic E-state index is 11.7. The molecule has 1 atom stereocenters. The molecule has 0 radical (unpaired) electrons. The van der Waals surface area contributed by atoms with Crippen LogP contribution in [0.15, 0.2) is 0 Å². The van der Waals surface area contributed by atoms with Crippen LogP contribution in [0.4, 0.5) is 13.2 Å². The highest BCUT2D eigenvalue weighted by Gasteiger charge is 2.27. The van der Waals surface area contributed by atoms with Crippen LogP contribution >= 0.6 is 0 Å². The third kappa shape index (κ3) is 8.40. The first kappa shape index (κ1) is 14.7. The molecular weight excluding hydrogens is 235 g/mol. The van der Waals surface area contributed by atoms with E-state index in [1.807, 2.05) is 0 Å². The van der Waals surface area contributed by atoms with Gasteiger partial charge in [-0.3, -0.25) is 0 Å². The number of halogens is 3. The molecule has 1 unspecified atom stereocenters. The summed E-state index contributed by atoms with van der Waals surface area (Å²) in [5, 5.41) is 3.17. The van der Waals surface area contributed by atoms with Gasteiger partial charge in [0.2, 0.25) is 0 Å². The fourth-order valence-corrected chi connectivity index (χ4v) is 1.72. The molecule has 0 saturated carbocycles. The number of rotatable bonds is 7. The van der Waals surface area contributed by atoms with E-state index in [1.165, 1.54) is 6.42 Å². The fourth-order valence-electron chi connectivity index (χ4n) is 1.72. The summed E-state index contributed by atoms with van der Waals surface area (Å²) in [7, 11) is 0. The highest BCUT2D eigenvalue weighted by Crippen LogP contribution is 2.14.